The summed E-state index contributed by atoms with van der Waals surface area (Å²) in [6.07, 6.45) is 4.07. The first kappa shape index (κ1) is 20.6. The highest BCUT2D eigenvalue weighted by Crippen LogP contribution is 2.32. The molecule has 0 radical (unpaired) electrons. The third-order valence-electron chi connectivity index (χ3n) is 4.62. The van der Waals surface area contributed by atoms with Crippen molar-refractivity contribution in [2.45, 2.75) is 56.5 Å². The van der Waals surface area contributed by atoms with Crippen molar-refractivity contribution >= 4 is 21.4 Å². The molecule has 0 aliphatic heterocycles. The standard InChI is InChI=1S/C17H27N3O5S/c1-12-4-6-14(7-5-12)18-16-9-8-15(10-17(16)20(21)22)26(23,24)19-13(2)11-25-3/h8-10,12-14,18-19H,4-7,11H2,1-3H3/t12?,13-,14?/m0/s1. The van der Waals surface area contributed by atoms with Crippen LogP contribution in [-0.2, 0) is 14.8 Å². The van der Waals surface area contributed by atoms with Crippen LogP contribution in [0.2, 0.25) is 0 Å². The van der Waals surface area contributed by atoms with Crippen molar-refractivity contribution in [3.8, 4) is 0 Å². The zero-order chi connectivity index (χ0) is 19.3. The average molecular weight is 385 g/mol. The fraction of sp³-hybridized carbons (Fsp3) is 0.647. The quantitative estimate of drug-likeness (QED) is 0.526. The van der Waals surface area contributed by atoms with Crippen molar-refractivity contribution in [2.24, 2.45) is 5.92 Å². The van der Waals surface area contributed by atoms with Gasteiger partial charge in [0.25, 0.3) is 5.69 Å². The molecule has 0 unspecified atom stereocenters. The van der Waals surface area contributed by atoms with E-state index < -0.39 is 21.0 Å². The van der Waals surface area contributed by atoms with Crippen LogP contribution >= 0.6 is 0 Å². The van der Waals surface area contributed by atoms with Gasteiger partial charge in [-0.1, -0.05) is 6.92 Å². The summed E-state index contributed by atoms with van der Waals surface area (Å²) >= 11 is 0. The summed E-state index contributed by atoms with van der Waals surface area (Å²) in [5.74, 6) is 0.677. The predicted octanol–water partition coefficient (Wildman–Crippen LogP) is 2.90. The molecule has 8 nitrogen and oxygen atoms in total. The second kappa shape index (κ2) is 8.79. The number of nitro benzene ring substituents is 1. The molecule has 0 amide bonds. The SMILES string of the molecule is COC[C@H](C)NS(=O)(=O)c1ccc(NC2CCC(C)CC2)c([N+](=O)[O-])c1. The molecule has 0 saturated heterocycles. The summed E-state index contributed by atoms with van der Waals surface area (Å²) < 4.78 is 32.2. The number of anilines is 1. The van der Waals surface area contributed by atoms with Crippen LogP contribution in [0.1, 0.15) is 39.5 Å². The Labute approximate surface area is 154 Å². The number of nitrogens with zero attached hydrogens (tertiary/aromatic N) is 1. The number of rotatable bonds is 8. The van der Waals surface area contributed by atoms with Crippen molar-refractivity contribution < 1.29 is 18.1 Å². The van der Waals surface area contributed by atoms with Gasteiger partial charge >= 0.3 is 0 Å². The molecule has 1 aromatic rings. The lowest BCUT2D eigenvalue weighted by Gasteiger charge is -2.27. The Morgan fingerprint density at radius 2 is 1.96 bits per heavy atom. The van der Waals surface area contributed by atoms with Crippen molar-refractivity contribution in [3.63, 3.8) is 0 Å². The summed E-state index contributed by atoms with van der Waals surface area (Å²) in [6, 6.07) is 3.71. The highest BCUT2D eigenvalue weighted by atomic mass is 32.2. The van der Waals surface area contributed by atoms with Crippen LogP contribution in [0.15, 0.2) is 23.1 Å². The highest BCUT2D eigenvalue weighted by molar-refractivity contribution is 7.89. The summed E-state index contributed by atoms with van der Waals surface area (Å²) in [5.41, 5.74) is 0.129. The van der Waals surface area contributed by atoms with Gasteiger partial charge in [-0.15, -0.1) is 0 Å². The summed E-state index contributed by atoms with van der Waals surface area (Å²) in [4.78, 5) is 10.8. The van der Waals surface area contributed by atoms with E-state index in [2.05, 4.69) is 17.0 Å². The molecule has 1 atom stereocenters. The molecule has 146 valence electrons. The molecule has 0 bridgehead atoms. The van der Waals surface area contributed by atoms with Gasteiger partial charge in [-0.25, -0.2) is 13.1 Å². The summed E-state index contributed by atoms with van der Waals surface area (Å²) in [7, 11) is -2.38. The minimum atomic E-state index is -3.86. The van der Waals surface area contributed by atoms with Crippen molar-refractivity contribution in [1.29, 1.82) is 0 Å². The smallest absolute Gasteiger partial charge is 0.293 e. The van der Waals surface area contributed by atoms with E-state index >= 15 is 0 Å². The van der Waals surface area contributed by atoms with Gasteiger partial charge in [0.2, 0.25) is 10.0 Å². The van der Waals surface area contributed by atoms with Gasteiger partial charge < -0.3 is 10.1 Å². The lowest BCUT2D eigenvalue weighted by atomic mass is 9.87. The molecule has 1 fully saturated rings. The first-order chi connectivity index (χ1) is 12.2. The Balaban J connectivity index is 2.21. The Morgan fingerprint density at radius 3 is 2.54 bits per heavy atom. The molecule has 1 aromatic carbocycles. The Kier molecular flexibility index (Phi) is 6.96. The Hall–Kier alpha value is -1.71. The predicted molar refractivity (Wildman–Crippen MR) is 99.8 cm³/mol. The first-order valence-electron chi connectivity index (χ1n) is 8.79. The van der Waals surface area contributed by atoms with Crippen molar-refractivity contribution in [3.05, 3.63) is 28.3 Å². The molecule has 2 N–H and O–H groups in total. The second-order valence-electron chi connectivity index (χ2n) is 7.01. The van der Waals surface area contributed by atoms with Crippen LogP contribution in [0.4, 0.5) is 11.4 Å². The van der Waals surface area contributed by atoms with Crippen LogP contribution in [0.3, 0.4) is 0 Å². The van der Waals surface area contributed by atoms with Gasteiger partial charge in [0.1, 0.15) is 5.69 Å². The van der Waals surface area contributed by atoms with Crippen molar-refractivity contribution in [1.82, 2.24) is 4.72 Å². The van der Waals surface area contributed by atoms with Crippen LogP contribution < -0.4 is 10.0 Å². The van der Waals surface area contributed by atoms with E-state index in [0.717, 1.165) is 31.7 Å². The fourth-order valence-electron chi connectivity index (χ4n) is 3.19. The largest absolute Gasteiger partial charge is 0.383 e. The fourth-order valence-corrected chi connectivity index (χ4v) is 4.44. The molecule has 0 spiro atoms. The van der Waals surface area contributed by atoms with E-state index in [4.69, 9.17) is 4.74 Å². The molecule has 0 aromatic heterocycles. The maximum atomic E-state index is 12.4. The minimum Gasteiger partial charge on any atom is -0.383 e. The molecular formula is C17H27N3O5S. The summed E-state index contributed by atoms with van der Waals surface area (Å²) in [5, 5.41) is 14.7. The van der Waals surface area contributed by atoms with E-state index in [9.17, 15) is 18.5 Å². The third-order valence-corrected chi connectivity index (χ3v) is 6.21. The molecule has 2 rings (SSSR count). The molecule has 1 saturated carbocycles. The minimum absolute atomic E-state index is 0.130. The van der Waals surface area contributed by atoms with Crippen LogP contribution in [0, 0.1) is 16.0 Å². The van der Waals surface area contributed by atoms with Gasteiger partial charge in [0.15, 0.2) is 0 Å². The number of nitro groups is 1. The van der Waals surface area contributed by atoms with E-state index in [1.165, 1.54) is 19.2 Å². The lowest BCUT2D eigenvalue weighted by Crippen LogP contribution is -2.35. The summed E-state index contributed by atoms with van der Waals surface area (Å²) in [6.45, 7) is 4.08. The van der Waals surface area contributed by atoms with Gasteiger partial charge in [0, 0.05) is 25.3 Å². The monoisotopic (exact) mass is 385 g/mol. The van der Waals surface area contributed by atoms with Gasteiger partial charge in [0.05, 0.1) is 16.4 Å². The van der Waals surface area contributed by atoms with Crippen LogP contribution in [-0.4, -0.2) is 39.1 Å². The molecule has 0 heterocycles. The van der Waals surface area contributed by atoms with E-state index in [0.29, 0.717) is 11.6 Å². The number of hydrogen-bond donors (Lipinski definition) is 2. The molecular weight excluding hydrogens is 358 g/mol. The van der Waals surface area contributed by atoms with Crippen LogP contribution in [0.5, 0.6) is 0 Å². The number of benzene rings is 1. The number of sulfonamides is 1. The molecule has 1 aliphatic carbocycles. The number of methoxy groups -OCH3 is 1. The maximum absolute atomic E-state index is 12.4. The van der Waals surface area contributed by atoms with Gasteiger partial charge in [-0.05, 0) is 50.7 Å². The Morgan fingerprint density at radius 1 is 1.31 bits per heavy atom. The van der Waals surface area contributed by atoms with Gasteiger partial charge in [-0.2, -0.15) is 0 Å². The first-order valence-corrected chi connectivity index (χ1v) is 10.3. The van der Waals surface area contributed by atoms with Crippen LogP contribution in [0.25, 0.3) is 0 Å². The normalized spacial score (nSPS) is 22.0. The third kappa shape index (κ3) is 5.39. The zero-order valence-corrected chi connectivity index (χ0v) is 16.2. The lowest BCUT2D eigenvalue weighted by molar-refractivity contribution is -0.384. The zero-order valence-electron chi connectivity index (χ0n) is 15.4. The van der Waals surface area contributed by atoms with E-state index in [-0.39, 0.29) is 23.2 Å². The Bertz CT molecular complexity index is 730. The second-order valence-corrected chi connectivity index (χ2v) is 8.73. The highest BCUT2D eigenvalue weighted by Gasteiger charge is 2.25. The maximum Gasteiger partial charge on any atom is 0.293 e. The molecule has 9 heteroatoms. The van der Waals surface area contributed by atoms with E-state index in [1.54, 1.807) is 6.92 Å². The number of hydrogen-bond acceptors (Lipinski definition) is 6. The number of ether oxygens (including phenoxy) is 1. The average Bonchev–Trinajstić information content (AvgIpc) is 2.56. The molecule has 26 heavy (non-hydrogen) atoms. The van der Waals surface area contributed by atoms with Gasteiger partial charge in [-0.3, -0.25) is 10.1 Å². The van der Waals surface area contributed by atoms with Crippen molar-refractivity contribution in [2.75, 3.05) is 19.0 Å². The number of nitrogens with one attached hydrogen (secondary N) is 2. The topological polar surface area (TPSA) is 111 Å². The molecule has 1 aliphatic rings. The van der Waals surface area contributed by atoms with E-state index in [1.807, 2.05) is 0 Å².